The summed E-state index contributed by atoms with van der Waals surface area (Å²) in [5.41, 5.74) is 4.68. The quantitative estimate of drug-likeness (QED) is 0.917. The first-order chi connectivity index (χ1) is 11.8. The van der Waals surface area contributed by atoms with Crippen molar-refractivity contribution in [1.82, 2.24) is 4.90 Å². The molecular formula is C19H22N2O3S. The van der Waals surface area contributed by atoms with E-state index in [9.17, 15) is 13.2 Å². The van der Waals surface area contributed by atoms with Gasteiger partial charge in [-0.15, -0.1) is 0 Å². The number of carbonyl (C=O) groups excluding carboxylic acids is 1. The number of carbonyl (C=O) groups is 1. The zero-order valence-electron chi connectivity index (χ0n) is 14.7. The van der Waals surface area contributed by atoms with E-state index < -0.39 is 10.0 Å². The lowest BCUT2D eigenvalue weighted by Gasteiger charge is -2.28. The van der Waals surface area contributed by atoms with Crippen molar-refractivity contribution in [2.75, 3.05) is 11.3 Å². The normalized spacial score (nSPS) is 14.1. The van der Waals surface area contributed by atoms with Crippen LogP contribution in [0.5, 0.6) is 0 Å². The van der Waals surface area contributed by atoms with Gasteiger partial charge in [0.1, 0.15) is 0 Å². The molecule has 2 aromatic carbocycles. The molecule has 1 aliphatic heterocycles. The highest BCUT2D eigenvalue weighted by atomic mass is 32.2. The van der Waals surface area contributed by atoms with Crippen LogP contribution < -0.4 is 4.72 Å². The Kier molecular flexibility index (Phi) is 4.56. The van der Waals surface area contributed by atoms with Crippen LogP contribution in [0.3, 0.4) is 0 Å². The molecule has 0 saturated carbocycles. The molecule has 1 aliphatic rings. The van der Waals surface area contributed by atoms with Gasteiger partial charge in [0.2, 0.25) is 5.91 Å². The van der Waals surface area contributed by atoms with Gasteiger partial charge in [-0.3, -0.25) is 9.52 Å². The molecule has 3 rings (SSSR count). The number of nitrogens with zero attached hydrogens (tertiary/aromatic N) is 1. The standard InChI is InChI=1S/C19H22N2O3S/c1-13-4-6-18(10-14(13)2)20-25(23,24)19-7-5-16-8-9-21(15(3)22)12-17(16)11-19/h4-7,10-11,20H,8-9,12H2,1-3H3. The maximum absolute atomic E-state index is 12.7. The number of anilines is 1. The minimum atomic E-state index is -3.67. The van der Waals surface area contributed by atoms with Gasteiger partial charge in [0.15, 0.2) is 0 Å². The van der Waals surface area contributed by atoms with Gasteiger partial charge in [-0.25, -0.2) is 8.42 Å². The monoisotopic (exact) mass is 358 g/mol. The summed E-state index contributed by atoms with van der Waals surface area (Å²) < 4.78 is 28.0. The summed E-state index contributed by atoms with van der Waals surface area (Å²) in [7, 11) is -3.67. The van der Waals surface area contributed by atoms with Gasteiger partial charge in [0.25, 0.3) is 10.0 Å². The van der Waals surface area contributed by atoms with Gasteiger partial charge in [-0.1, -0.05) is 12.1 Å². The van der Waals surface area contributed by atoms with E-state index in [1.165, 1.54) is 6.92 Å². The van der Waals surface area contributed by atoms with E-state index in [2.05, 4.69) is 4.72 Å². The van der Waals surface area contributed by atoms with Gasteiger partial charge in [-0.05, 0) is 66.8 Å². The highest BCUT2D eigenvalue weighted by Crippen LogP contribution is 2.24. The van der Waals surface area contributed by atoms with Crippen molar-refractivity contribution in [3.05, 3.63) is 58.7 Å². The van der Waals surface area contributed by atoms with Crippen molar-refractivity contribution < 1.29 is 13.2 Å². The second-order valence-corrected chi connectivity index (χ2v) is 8.21. The lowest BCUT2D eigenvalue weighted by molar-refractivity contribution is -0.129. The molecule has 0 spiro atoms. The van der Waals surface area contributed by atoms with E-state index in [0.29, 0.717) is 18.8 Å². The maximum Gasteiger partial charge on any atom is 0.261 e. The molecule has 1 heterocycles. The second-order valence-electron chi connectivity index (χ2n) is 6.53. The molecule has 1 amide bonds. The fourth-order valence-corrected chi connectivity index (χ4v) is 4.09. The Bertz CT molecular complexity index is 936. The highest BCUT2D eigenvalue weighted by Gasteiger charge is 2.21. The zero-order chi connectivity index (χ0) is 18.2. The minimum absolute atomic E-state index is 0.00663. The number of hydrogen-bond acceptors (Lipinski definition) is 3. The van der Waals surface area contributed by atoms with E-state index in [1.54, 1.807) is 23.1 Å². The molecule has 0 saturated heterocycles. The molecule has 0 atom stereocenters. The van der Waals surface area contributed by atoms with Crippen LogP contribution in [0.2, 0.25) is 0 Å². The molecule has 0 aromatic heterocycles. The average molecular weight is 358 g/mol. The van der Waals surface area contributed by atoms with E-state index >= 15 is 0 Å². The molecule has 0 fully saturated rings. The second kappa shape index (κ2) is 6.52. The Balaban J connectivity index is 1.89. The first-order valence-corrected chi connectivity index (χ1v) is 9.72. The number of rotatable bonds is 3. The number of hydrogen-bond donors (Lipinski definition) is 1. The van der Waals surface area contributed by atoms with Crippen LogP contribution in [0.4, 0.5) is 5.69 Å². The predicted molar refractivity (Wildman–Crippen MR) is 98.0 cm³/mol. The molecule has 6 heteroatoms. The number of fused-ring (bicyclic) bond motifs is 1. The SMILES string of the molecule is CC(=O)N1CCc2ccc(S(=O)(=O)Nc3ccc(C)c(C)c3)cc2C1. The van der Waals surface area contributed by atoms with Crippen LogP contribution in [0.25, 0.3) is 0 Å². The van der Waals surface area contributed by atoms with E-state index in [0.717, 1.165) is 28.7 Å². The number of nitrogens with one attached hydrogen (secondary N) is 1. The third-order valence-electron chi connectivity index (χ3n) is 4.70. The molecule has 0 unspecified atom stereocenters. The molecule has 132 valence electrons. The fourth-order valence-electron chi connectivity index (χ4n) is 2.99. The Morgan fingerprint density at radius 1 is 1.04 bits per heavy atom. The van der Waals surface area contributed by atoms with Crippen molar-refractivity contribution in [3.63, 3.8) is 0 Å². The van der Waals surface area contributed by atoms with Gasteiger partial charge >= 0.3 is 0 Å². The first-order valence-electron chi connectivity index (χ1n) is 8.23. The van der Waals surface area contributed by atoms with Crippen molar-refractivity contribution in [2.45, 2.75) is 38.6 Å². The van der Waals surface area contributed by atoms with Crippen LogP contribution in [0.1, 0.15) is 29.2 Å². The topological polar surface area (TPSA) is 66.5 Å². The molecule has 0 radical (unpaired) electrons. The minimum Gasteiger partial charge on any atom is -0.338 e. The Morgan fingerprint density at radius 2 is 1.80 bits per heavy atom. The van der Waals surface area contributed by atoms with Crippen LogP contribution in [-0.4, -0.2) is 25.8 Å². The van der Waals surface area contributed by atoms with Crippen molar-refractivity contribution in [2.24, 2.45) is 0 Å². The van der Waals surface area contributed by atoms with Crippen LogP contribution in [-0.2, 0) is 27.8 Å². The summed E-state index contributed by atoms with van der Waals surface area (Å²) >= 11 is 0. The van der Waals surface area contributed by atoms with Gasteiger partial charge < -0.3 is 4.90 Å². The van der Waals surface area contributed by atoms with Crippen LogP contribution in [0.15, 0.2) is 41.3 Å². The van der Waals surface area contributed by atoms with Crippen LogP contribution in [0, 0.1) is 13.8 Å². The predicted octanol–water partition coefficient (Wildman–Crippen LogP) is 3.01. The van der Waals surface area contributed by atoms with Gasteiger partial charge in [-0.2, -0.15) is 0 Å². The van der Waals surface area contributed by atoms with Gasteiger partial charge in [0.05, 0.1) is 4.90 Å². The molecule has 25 heavy (non-hydrogen) atoms. The first kappa shape index (κ1) is 17.5. The molecule has 5 nitrogen and oxygen atoms in total. The van der Waals surface area contributed by atoms with Crippen molar-refractivity contribution >= 4 is 21.6 Å². The largest absolute Gasteiger partial charge is 0.338 e. The molecule has 2 aromatic rings. The van der Waals surface area contributed by atoms with Crippen LogP contribution >= 0.6 is 0 Å². The number of amides is 1. The lowest BCUT2D eigenvalue weighted by atomic mass is 10.00. The van der Waals surface area contributed by atoms with E-state index in [4.69, 9.17) is 0 Å². The summed E-state index contributed by atoms with van der Waals surface area (Å²) in [6, 6.07) is 10.6. The maximum atomic E-state index is 12.7. The van der Waals surface area contributed by atoms with Crippen molar-refractivity contribution in [1.29, 1.82) is 0 Å². The third-order valence-corrected chi connectivity index (χ3v) is 6.08. The number of sulfonamides is 1. The highest BCUT2D eigenvalue weighted by molar-refractivity contribution is 7.92. The van der Waals surface area contributed by atoms with E-state index in [1.807, 2.05) is 32.0 Å². The number of aryl methyl sites for hydroxylation is 2. The lowest BCUT2D eigenvalue weighted by Crippen LogP contribution is -2.34. The summed E-state index contributed by atoms with van der Waals surface area (Å²) in [6.07, 6.45) is 0.750. The smallest absolute Gasteiger partial charge is 0.261 e. The number of benzene rings is 2. The van der Waals surface area contributed by atoms with E-state index in [-0.39, 0.29) is 10.8 Å². The van der Waals surface area contributed by atoms with Crippen molar-refractivity contribution in [3.8, 4) is 0 Å². The summed E-state index contributed by atoms with van der Waals surface area (Å²) in [4.78, 5) is 13.5. The van der Waals surface area contributed by atoms with Gasteiger partial charge in [0, 0.05) is 25.7 Å². The summed E-state index contributed by atoms with van der Waals surface area (Å²) in [6.45, 7) is 6.60. The third kappa shape index (κ3) is 3.69. The Labute approximate surface area is 148 Å². The molecule has 0 aliphatic carbocycles. The Morgan fingerprint density at radius 3 is 2.48 bits per heavy atom. The molecular weight excluding hydrogens is 336 g/mol. The summed E-state index contributed by atoms with van der Waals surface area (Å²) in [5, 5.41) is 0. The molecule has 0 bridgehead atoms. The summed E-state index contributed by atoms with van der Waals surface area (Å²) in [5.74, 6) is 0.00663. The Hall–Kier alpha value is -2.34. The molecule has 1 N–H and O–H groups in total. The average Bonchev–Trinajstić information content (AvgIpc) is 2.57. The zero-order valence-corrected chi connectivity index (χ0v) is 15.5. The fraction of sp³-hybridized carbons (Fsp3) is 0.316.